The van der Waals surface area contributed by atoms with Crippen LogP contribution in [0.3, 0.4) is 0 Å². The van der Waals surface area contributed by atoms with Crippen molar-refractivity contribution in [2.75, 3.05) is 7.11 Å². The summed E-state index contributed by atoms with van der Waals surface area (Å²) in [5, 5.41) is 8.66. The van der Waals surface area contributed by atoms with Crippen molar-refractivity contribution in [3.63, 3.8) is 0 Å². The zero-order valence-electron chi connectivity index (χ0n) is 6.57. The summed E-state index contributed by atoms with van der Waals surface area (Å²) in [6.45, 7) is 0. The minimum atomic E-state index is -0.584. The predicted octanol–water partition coefficient (Wildman–Crippen LogP) is 2.96. The Morgan fingerprint density at radius 2 is 2.31 bits per heavy atom. The molecule has 0 saturated heterocycles. The van der Waals surface area contributed by atoms with E-state index >= 15 is 0 Å². The van der Waals surface area contributed by atoms with Gasteiger partial charge in [0.25, 0.3) is 0 Å². The van der Waals surface area contributed by atoms with Crippen LogP contribution in [0, 0.1) is 20.7 Å². The molecule has 0 atom stereocenters. The normalized spacial score (nSPS) is 9.46. The maximum Gasteiger partial charge on any atom is 0.156 e. The number of ether oxygens (including phenoxy) is 1. The Morgan fingerprint density at radius 1 is 1.69 bits per heavy atom. The minimum Gasteiger partial charge on any atom is -0.495 e. The van der Waals surface area contributed by atoms with Crippen LogP contribution in [0.4, 0.5) is 4.39 Å². The molecule has 68 valence electrons. The van der Waals surface area contributed by atoms with Crippen LogP contribution < -0.4 is 4.74 Å². The Balaban J connectivity index is 3.50. The highest BCUT2D eigenvalue weighted by atomic mass is 127. The highest BCUT2D eigenvalue weighted by Crippen LogP contribution is 2.30. The summed E-state index contributed by atoms with van der Waals surface area (Å²) in [6, 6.07) is 3.14. The van der Waals surface area contributed by atoms with E-state index in [-0.39, 0.29) is 14.2 Å². The smallest absolute Gasteiger partial charge is 0.156 e. The molecule has 0 fully saturated rings. The molecule has 0 aliphatic carbocycles. The number of hydrogen-bond donors (Lipinski definition) is 0. The van der Waals surface area contributed by atoms with Crippen molar-refractivity contribution in [2.24, 2.45) is 0 Å². The lowest BCUT2D eigenvalue weighted by Crippen LogP contribution is -1.95. The van der Waals surface area contributed by atoms with E-state index < -0.39 is 5.82 Å². The van der Waals surface area contributed by atoms with Crippen molar-refractivity contribution in [3.8, 4) is 11.8 Å². The summed E-state index contributed by atoms with van der Waals surface area (Å²) >= 11 is 7.28. The minimum absolute atomic E-state index is 0.0414. The third kappa shape index (κ3) is 1.86. The van der Waals surface area contributed by atoms with Crippen LogP contribution in [0.15, 0.2) is 6.07 Å². The average molecular weight is 311 g/mol. The van der Waals surface area contributed by atoms with Gasteiger partial charge < -0.3 is 4.74 Å². The van der Waals surface area contributed by atoms with Crippen molar-refractivity contribution in [1.29, 1.82) is 5.26 Å². The van der Waals surface area contributed by atoms with Crippen molar-refractivity contribution in [3.05, 3.63) is 26.0 Å². The summed E-state index contributed by atoms with van der Waals surface area (Å²) in [7, 11) is 1.40. The van der Waals surface area contributed by atoms with Gasteiger partial charge >= 0.3 is 0 Å². The summed E-state index contributed by atoms with van der Waals surface area (Å²) in [5.41, 5.74) is 0.171. The number of methoxy groups -OCH3 is 1. The first-order chi connectivity index (χ1) is 6.11. The molecule has 1 aromatic rings. The van der Waals surface area contributed by atoms with Crippen LogP contribution in [-0.4, -0.2) is 7.11 Å². The van der Waals surface area contributed by atoms with Gasteiger partial charge in [-0.05, 0) is 22.6 Å². The molecule has 0 bridgehead atoms. The van der Waals surface area contributed by atoms with Gasteiger partial charge in [-0.15, -0.1) is 0 Å². The standard InChI is InChI=1S/C8H4ClFINO/c1-13-6-2-5(9)7(10)8(11)4(6)3-12/h2H,1H3. The van der Waals surface area contributed by atoms with Crippen molar-refractivity contribution >= 4 is 34.2 Å². The van der Waals surface area contributed by atoms with E-state index in [1.54, 1.807) is 22.6 Å². The lowest BCUT2D eigenvalue weighted by atomic mass is 10.2. The first kappa shape index (κ1) is 10.5. The quantitative estimate of drug-likeness (QED) is 0.590. The molecule has 5 heteroatoms. The summed E-state index contributed by atoms with van der Waals surface area (Å²) in [6.07, 6.45) is 0. The molecule has 0 saturated carbocycles. The topological polar surface area (TPSA) is 33.0 Å². The van der Waals surface area contributed by atoms with E-state index in [9.17, 15) is 4.39 Å². The molecule has 0 aliphatic rings. The fraction of sp³-hybridized carbons (Fsp3) is 0.125. The fourth-order valence-corrected chi connectivity index (χ4v) is 1.87. The van der Waals surface area contributed by atoms with Crippen LogP contribution in [0.25, 0.3) is 0 Å². The molecule has 0 N–H and O–H groups in total. The maximum atomic E-state index is 13.1. The lowest BCUT2D eigenvalue weighted by Gasteiger charge is -2.06. The van der Waals surface area contributed by atoms with Gasteiger partial charge in [0.05, 0.1) is 15.7 Å². The summed E-state index contributed by atoms with van der Waals surface area (Å²) in [5.74, 6) is -0.294. The average Bonchev–Trinajstić information content (AvgIpc) is 2.13. The number of nitrogens with zero attached hydrogens (tertiary/aromatic N) is 1. The van der Waals surface area contributed by atoms with Crippen molar-refractivity contribution in [1.82, 2.24) is 0 Å². The van der Waals surface area contributed by atoms with E-state index in [2.05, 4.69) is 0 Å². The lowest BCUT2D eigenvalue weighted by molar-refractivity contribution is 0.411. The van der Waals surface area contributed by atoms with E-state index in [0.29, 0.717) is 5.75 Å². The summed E-state index contributed by atoms with van der Waals surface area (Å²) in [4.78, 5) is 0. The number of benzene rings is 1. The monoisotopic (exact) mass is 311 g/mol. The highest BCUT2D eigenvalue weighted by Gasteiger charge is 2.15. The zero-order chi connectivity index (χ0) is 10.0. The van der Waals surface area contributed by atoms with Gasteiger partial charge in [0.2, 0.25) is 0 Å². The highest BCUT2D eigenvalue weighted by molar-refractivity contribution is 14.1. The van der Waals surface area contributed by atoms with Crippen molar-refractivity contribution < 1.29 is 9.13 Å². The molecule has 13 heavy (non-hydrogen) atoms. The second-order valence-corrected chi connectivity index (χ2v) is 3.66. The van der Waals surface area contributed by atoms with Crippen LogP contribution in [0.5, 0.6) is 5.75 Å². The van der Waals surface area contributed by atoms with Crippen molar-refractivity contribution in [2.45, 2.75) is 0 Å². The van der Waals surface area contributed by atoms with Crippen LogP contribution in [-0.2, 0) is 0 Å². The van der Waals surface area contributed by atoms with E-state index in [4.69, 9.17) is 21.6 Å². The van der Waals surface area contributed by atoms with Gasteiger partial charge in [-0.3, -0.25) is 0 Å². The number of nitriles is 1. The molecule has 0 aromatic heterocycles. The maximum absolute atomic E-state index is 13.1. The van der Waals surface area contributed by atoms with Crippen LogP contribution in [0.2, 0.25) is 5.02 Å². The predicted molar refractivity (Wildman–Crippen MR) is 55.4 cm³/mol. The largest absolute Gasteiger partial charge is 0.495 e. The molecule has 1 aromatic carbocycles. The first-order valence-electron chi connectivity index (χ1n) is 3.23. The summed E-state index contributed by atoms with van der Waals surface area (Å²) < 4.78 is 18.2. The molecular formula is C8H4ClFINO. The Labute approximate surface area is 93.4 Å². The van der Waals surface area contributed by atoms with Gasteiger partial charge in [0.15, 0.2) is 5.82 Å². The van der Waals surface area contributed by atoms with Gasteiger partial charge in [-0.1, -0.05) is 11.6 Å². The SMILES string of the molecule is COc1cc(Cl)c(F)c(I)c1C#N. The molecule has 0 aliphatic heterocycles. The van der Waals surface area contributed by atoms with Gasteiger partial charge in [-0.2, -0.15) is 5.26 Å². The molecular weight excluding hydrogens is 307 g/mol. The molecule has 1 rings (SSSR count). The second-order valence-electron chi connectivity index (χ2n) is 2.18. The van der Waals surface area contributed by atoms with E-state index in [1.165, 1.54) is 13.2 Å². The Kier molecular flexibility index (Phi) is 3.33. The molecule has 0 unspecified atom stereocenters. The van der Waals surface area contributed by atoms with Crippen LogP contribution in [0.1, 0.15) is 5.56 Å². The second kappa shape index (κ2) is 4.11. The first-order valence-corrected chi connectivity index (χ1v) is 4.69. The van der Waals surface area contributed by atoms with E-state index in [0.717, 1.165) is 0 Å². The molecule has 0 heterocycles. The molecule has 2 nitrogen and oxygen atoms in total. The zero-order valence-corrected chi connectivity index (χ0v) is 9.48. The third-order valence-electron chi connectivity index (χ3n) is 1.46. The van der Waals surface area contributed by atoms with Gasteiger partial charge in [-0.25, -0.2) is 4.39 Å². The Bertz CT molecular complexity index is 389. The Hall–Kier alpha value is -0.540. The number of hydrogen-bond acceptors (Lipinski definition) is 2. The van der Waals surface area contributed by atoms with Crippen LogP contribution >= 0.6 is 34.2 Å². The molecule has 0 spiro atoms. The Morgan fingerprint density at radius 3 is 2.77 bits per heavy atom. The molecule has 0 amide bonds. The third-order valence-corrected chi connectivity index (χ3v) is 2.75. The molecule has 0 radical (unpaired) electrons. The van der Waals surface area contributed by atoms with E-state index in [1.807, 2.05) is 6.07 Å². The van der Waals surface area contributed by atoms with Gasteiger partial charge in [0, 0.05) is 6.07 Å². The van der Waals surface area contributed by atoms with Gasteiger partial charge in [0.1, 0.15) is 17.4 Å². The fourth-order valence-electron chi connectivity index (χ4n) is 0.839. The number of rotatable bonds is 1. The number of halogens is 3.